The van der Waals surface area contributed by atoms with E-state index in [0.29, 0.717) is 19.3 Å². The molecule has 504 valence electrons. The van der Waals surface area contributed by atoms with Gasteiger partial charge in [0.25, 0.3) is 0 Å². The molecule has 0 aliphatic rings. The SMILES string of the molecule is CCCCCCCCCCCCCCCCC(CO)(CO)CO.CCCCCCCCCCCCCCCCC(CO)(CO)CO.CCCCCCCCCCCCCCCCC(CO)(CO)CO.[Mo].[O-]P([O-])[O-].[O-]P([O-])[O-].[O-]P([O-])[O-]. The molecule has 0 saturated heterocycles. The topological polar surface area (TPSA) is 390 Å². The van der Waals surface area contributed by atoms with Crippen LogP contribution in [0.5, 0.6) is 0 Å². The molecule has 0 aromatic heterocycles. The molecule has 0 aliphatic carbocycles. The van der Waals surface area contributed by atoms with Crippen molar-refractivity contribution in [2.24, 2.45) is 16.2 Å². The van der Waals surface area contributed by atoms with Gasteiger partial charge < -0.3 is 116 Å². The maximum absolute atomic E-state index is 9.26. The van der Waals surface area contributed by atoms with E-state index in [9.17, 15) is 46.0 Å². The molecule has 0 amide bonds. The van der Waals surface area contributed by atoms with Crippen molar-refractivity contribution in [3.8, 4) is 0 Å². The van der Waals surface area contributed by atoms with Crippen molar-refractivity contribution in [3.05, 3.63) is 0 Å². The van der Waals surface area contributed by atoms with Gasteiger partial charge >= 0.3 is 0 Å². The molecular weight excluding hydrogens is 1200 g/mol. The Morgan fingerprint density at radius 3 is 0.366 bits per heavy atom. The van der Waals surface area contributed by atoms with Crippen LogP contribution in [0.2, 0.25) is 0 Å². The van der Waals surface area contributed by atoms with E-state index in [1.54, 1.807) is 0 Å². The van der Waals surface area contributed by atoms with Gasteiger partial charge in [-0.2, -0.15) is 0 Å². The largest absolute Gasteiger partial charge is 0.854 e. The third-order valence-electron chi connectivity index (χ3n) is 15.2. The molecule has 9 N–H and O–H groups in total. The quantitative estimate of drug-likeness (QED) is 0.0182. The molecule has 0 fully saturated rings. The van der Waals surface area contributed by atoms with E-state index >= 15 is 0 Å². The van der Waals surface area contributed by atoms with Crippen LogP contribution in [-0.4, -0.2) is 105 Å². The summed E-state index contributed by atoms with van der Waals surface area (Å²) in [5, 5.41) is 83.3. The van der Waals surface area contributed by atoms with Crippen molar-refractivity contribution in [1.29, 1.82) is 0 Å². The third kappa shape index (κ3) is 83.3. The molecule has 0 heterocycles. The summed E-state index contributed by atoms with van der Waals surface area (Å²) < 4.78 is 0. The van der Waals surface area contributed by atoms with E-state index in [0.717, 1.165) is 38.5 Å². The van der Waals surface area contributed by atoms with Gasteiger partial charge in [0.1, 0.15) is 0 Å². The van der Waals surface area contributed by atoms with Crippen LogP contribution in [0.4, 0.5) is 0 Å². The van der Waals surface area contributed by atoms with Crippen LogP contribution in [-0.2, 0) is 21.1 Å². The Balaban J connectivity index is -0.000000185. The van der Waals surface area contributed by atoms with Crippen molar-refractivity contribution in [3.63, 3.8) is 0 Å². The maximum atomic E-state index is 9.26. The summed E-state index contributed by atoms with van der Waals surface area (Å²) in [4.78, 5) is 76.3. The molecule has 0 radical (unpaired) electrons. The maximum Gasteiger partial charge on any atom is 0.0531 e. The second kappa shape index (κ2) is 80.3. The predicted octanol–water partition coefficient (Wildman–Crippen LogP) is 6.34. The zero-order valence-electron chi connectivity index (χ0n) is 52.1. The average molecular weight is 1320 g/mol. The van der Waals surface area contributed by atoms with E-state index in [1.807, 2.05) is 0 Å². The fourth-order valence-electron chi connectivity index (χ4n) is 9.25. The van der Waals surface area contributed by atoms with Crippen molar-refractivity contribution < 1.29 is 111 Å². The Hall–Kier alpha value is 1.26. The Morgan fingerprint density at radius 1 is 0.195 bits per heavy atom. The smallest absolute Gasteiger partial charge is 0.0531 e. The van der Waals surface area contributed by atoms with E-state index in [4.69, 9.17) is 44.0 Å². The van der Waals surface area contributed by atoms with E-state index < -0.39 is 42.1 Å². The van der Waals surface area contributed by atoms with E-state index in [1.165, 1.54) is 231 Å². The molecule has 0 spiro atoms. The van der Waals surface area contributed by atoms with Crippen LogP contribution in [0, 0.1) is 16.2 Å². The molecule has 0 atom stereocenters. The van der Waals surface area contributed by atoms with Crippen LogP contribution in [0.25, 0.3) is 0 Å². The van der Waals surface area contributed by atoms with Crippen molar-refractivity contribution in [2.75, 3.05) is 59.5 Å². The fourth-order valence-corrected chi connectivity index (χ4v) is 9.25. The number of rotatable bonds is 54. The summed E-state index contributed by atoms with van der Waals surface area (Å²) in [6, 6.07) is 0. The predicted molar refractivity (Wildman–Crippen MR) is 317 cm³/mol. The second-order valence-electron chi connectivity index (χ2n) is 22.6. The minimum absolute atomic E-state index is 0. The first-order chi connectivity index (χ1) is 38.9. The molecule has 0 aromatic carbocycles. The van der Waals surface area contributed by atoms with Crippen LogP contribution in [0.1, 0.15) is 310 Å². The molecule has 0 aromatic rings. The van der Waals surface area contributed by atoms with Crippen molar-refractivity contribution in [1.82, 2.24) is 0 Å². The number of unbranched alkanes of at least 4 members (excludes halogenated alkanes) is 39. The Bertz CT molecular complexity index is 929. The average Bonchev–Trinajstić information content (AvgIpc) is 3.45. The van der Waals surface area contributed by atoms with Gasteiger partial charge in [-0.1, -0.05) is 290 Å². The summed E-state index contributed by atoms with van der Waals surface area (Å²) in [5.74, 6) is 0. The number of hydrogen-bond acceptors (Lipinski definition) is 18. The van der Waals surface area contributed by atoms with Crippen molar-refractivity contribution in [2.45, 2.75) is 310 Å². The van der Waals surface area contributed by atoms with Gasteiger partial charge in [-0.15, -0.1) is 0 Å². The van der Waals surface area contributed by atoms with Crippen molar-refractivity contribution >= 4 is 25.8 Å². The minimum atomic E-state index is -3.37. The minimum Gasteiger partial charge on any atom is -0.854 e. The third-order valence-corrected chi connectivity index (χ3v) is 15.2. The summed E-state index contributed by atoms with van der Waals surface area (Å²) in [7, 11) is -10.1. The number of hydrogen-bond donors (Lipinski definition) is 9. The molecule has 18 nitrogen and oxygen atoms in total. The molecule has 0 unspecified atom stereocenters. The van der Waals surface area contributed by atoms with Crippen LogP contribution < -0.4 is 44.0 Å². The standard InChI is InChI=1S/3C20H42O3.Mo.3O3P/c3*1-2-3-4-5-6-7-8-9-10-11-12-13-14-15-16-20(17-21,18-22)19-23;;3*1-4(2)3/h3*21-23H,2-19H2,1H3;;;;/q;;;;3*-3. The fraction of sp³-hybridized carbons (Fsp3) is 1.00. The number of aliphatic hydroxyl groups is 9. The normalized spacial score (nSPS) is 11.4. The van der Waals surface area contributed by atoms with Crippen LogP contribution in [0.15, 0.2) is 0 Å². The zero-order chi connectivity index (χ0) is 62.4. The van der Waals surface area contributed by atoms with Gasteiger partial charge in [-0.25, -0.2) is 0 Å². The first-order valence-corrected chi connectivity index (χ1v) is 35.1. The number of aliphatic hydroxyl groups excluding tert-OH is 9. The Labute approximate surface area is 519 Å². The second-order valence-corrected chi connectivity index (χ2v) is 24.0. The Morgan fingerprint density at radius 2 is 0.280 bits per heavy atom. The van der Waals surface area contributed by atoms with Gasteiger partial charge in [0, 0.05) is 37.3 Å². The van der Waals surface area contributed by atoms with E-state index in [2.05, 4.69) is 20.8 Å². The first kappa shape index (κ1) is 96.9. The summed E-state index contributed by atoms with van der Waals surface area (Å²) in [5.41, 5.74) is -2.01. The molecule has 0 bridgehead atoms. The van der Waals surface area contributed by atoms with Gasteiger partial charge in [0.2, 0.25) is 0 Å². The van der Waals surface area contributed by atoms with Crippen LogP contribution in [0.3, 0.4) is 0 Å². The zero-order valence-corrected chi connectivity index (χ0v) is 56.8. The monoisotopic (exact) mass is 1330 g/mol. The molecular formula is C60H126MoO18P3-9. The molecule has 0 rings (SSSR count). The summed E-state index contributed by atoms with van der Waals surface area (Å²) >= 11 is 0. The molecule has 22 heteroatoms. The molecule has 0 saturated carbocycles. The first-order valence-electron chi connectivity index (χ1n) is 31.9. The van der Waals surface area contributed by atoms with Gasteiger partial charge in [0.15, 0.2) is 0 Å². The summed E-state index contributed by atoms with van der Waals surface area (Å²) in [6.07, 6.45) is 57.8. The Kier molecular flexibility index (Phi) is 94.8. The van der Waals surface area contributed by atoms with Crippen LogP contribution >= 0.6 is 25.8 Å². The molecule has 0 aliphatic heterocycles. The van der Waals surface area contributed by atoms with Gasteiger partial charge in [0.05, 0.1) is 59.5 Å². The van der Waals surface area contributed by atoms with E-state index in [-0.39, 0.29) is 80.5 Å². The van der Waals surface area contributed by atoms with Gasteiger partial charge in [-0.3, -0.25) is 0 Å². The van der Waals surface area contributed by atoms with Gasteiger partial charge in [-0.05, 0) is 19.3 Å². The summed E-state index contributed by atoms with van der Waals surface area (Å²) in [6.45, 7) is 5.66. The molecule has 82 heavy (non-hydrogen) atoms.